The standard InChI is InChI=1S/C22H32N4.HI/c1-4-26(5-2)18-21-14-10-9-13-20(21)17-25-22(23-3)24-16-15-19-11-7-6-8-12-19;/h6-14H,4-5,15-18H2,1-3H3,(H2,23,24,25);1H. The molecule has 0 heterocycles. The van der Waals surface area contributed by atoms with Gasteiger partial charge in [-0.05, 0) is 36.2 Å². The molecule has 2 N–H and O–H groups in total. The minimum Gasteiger partial charge on any atom is -0.356 e. The third-order valence-corrected chi connectivity index (χ3v) is 4.63. The summed E-state index contributed by atoms with van der Waals surface area (Å²) in [4.78, 5) is 6.78. The minimum atomic E-state index is 0. The zero-order chi connectivity index (χ0) is 18.6. The molecule has 0 aliphatic heterocycles. The highest BCUT2D eigenvalue weighted by molar-refractivity contribution is 14.0. The van der Waals surface area contributed by atoms with Crippen LogP contribution in [0.15, 0.2) is 59.6 Å². The van der Waals surface area contributed by atoms with Crippen molar-refractivity contribution >= 4 is 29.9 Å². The molecule has 2 rings (SSSR count). The van der Waals surface area contributed by atoms with E-state index in [0.717, 1.165) is 45.1 Å². The van der Waals surface area contributed by atoms with E-state index < -0.39 is 0 Å². The van der Waals surface area contributed by atoms with Gasteiger partial charge in [-0.2, -0.15) is 0 Å². The third kappa shape index (κ3) is 8.30. The number of rotatable bonds is 9. The van der Waals surface area contributed by atoms with Gasteiger partial charge in [0.1, 0.15) is 0 Å². The number of nitrogens with one attached hydrogen (secondary N) is 2. The molecule has 0 saturated heterocycles. The van der Waals surface area contributed by atoms with Crippen LogP contribution in [0.1, 0.15) is 30.5 Å². The maximum absolute atomic E-state index is 4.34. The van der Waals surface area contributed by atoms with Crippen molar-refractivity contribution in [2.24, 2.45) is 4.99 Å². The average molecular weight is 480 g/mol. The van der Waals surface area contributed by atoms with Gasteiger partial charge in [-0.25, -0.2) is 0 Å². The summed E-state index contributed by atoms with van der Waals surface area (Å²) in [7, 11) is 1.82. The van der Waals surface area contributed by atoms with E-state index in [1.807, 2.05) is 13.1 Å². The Hall–Kier alpha value is -1.60. The zero-order valence-corrected chi connectivity index (χ0v) is 19.1. The summed E-state index contributed by atoms with van der Waals surface area (Å²) in [5.74, 6) is 0.846. The summed E-state index contributed by atoms with van der Waals surface area (Å²) in [6, 6.07) is 19.2. The summed E-state index contributed by atoms with van der Waals surface area (Å²) >= 11 is 0. The van der Waals surface area contributed by atoms with Crippen LogP contribution < -0.4 is 10.6 Å². The van der Waals surface area contributed by atoms with Crippen molar-refractivity contribution in [3.63, 3.8) is 0 Å². The molecule has 0 aliphatic carbocycles. The molecule has 4 nitrogen and oxygen atoms in total. The van der Waals surface area contributed by atoms with Crippen LogP contribution in [0.4, 0.5) is 0 Å². The number of hydrogen-bond acceptors (Lipinski definition) is 2. The molecular weight excluding hydrogens is 447 g/mol. The highest BCUT2D eigenvalue weighted by Gasteiger charge is 2.07. The summed E-state index contributed by atoms with van der Waals surface area (Å²) in [5.41, 5.74) is 4.04. The largest absolute Gasteiger partial charge is 0.356 e. The monoisotopic (exact) mass is 480 g/mol. The summed E-state index contributed by atoms with van der Waals surface area (Å²) in [5, 5.41) is 6.84. The van der Waals surface area contributed by atoms with Crippen molar-refractivity contribution in [3.8, 4) is 0 Å². The molecule has 0 atom stereocenters. The molecule has 0 saturated carbocycles. The quantitative estimate of drug-likeness (QED) is 0.323. The first kappa shape index (κ1) is 23.4. The lowest BCUT2D eigenvalue weighted by Crippen LogP contribution is -2.38. The number of aliphatic imine (C=N–C) groups is 1. The first-order valence-electron chi connectivity index (χ1n) is 9.54. The fourth-order valence-corrected chi connectivity index (χ4v) is 2.94. The number of hydrogen-bond donors (Lipinski definition) is 2. The minimum absolute atomic E-state index is 0. The average Bonchev–Trinajstić information content (AvgIpc) is 2.70. The van der Waals surface area contributed by atoms with Gasteiger partial charge in [0.05, 0.1) is 0 Å². The predicted octanol–water partition coefficient (Wildman–Crippen LogP) is 4.05. The molecule has 2 aromatic carbocycles. The second kappa shape index (κ2) is 13.6. The van der Waals surface area contributed by atoms with Gasteiger partial charge >= 0.3 is 0 Å². The lowest BCUT2D eigenvalue weighted by Gasteiger charge is -2.20. The van der Waals surface area contributed by atoms with E-state index >= 15 is 0 Å². The van der Waals surface area contributed by atoms with Gasteiger partial charge in [-0.3, -0.25) is 9.89 Å². The van der Waals surface area contributed by atoms with Crippen LogP contribution in [0.3, 0.4) is 0 Å². The maximum Gasteiger partial charge on any atom is 0.191 e. The Morgan fingerprint density at radius 3 is 2.15 bits per heavy atom. The Balaban J connectivity index is 0.00000364. The van der Waals surface area contributed by atoms with Gasteiger partial charge in [-0.1, -0.05) is 68.4 Å². The van der Waals surface area contributed by atoms with Gasteiger partial charge in [0.15, 0.2) is 5.96 Å². The van der Waals surface area contributed by atoms with Crippen LogP contribution in [0.2, 0.25) is 0 Å². The van der Waals surface area contributed by atoms with Gasteiger partial charge < -0.3 is 10.6 Å². The Labute approximate surface area is 181 Å². The maximum atomic E-state index is 4.34. The smallest absolute Gasteiger partial charge is 0.191 e. The van der Waals surface area contributed by atoms with E-state index in [0.29, 0.717) is 0 Å². The Bertz CT molecular complexity index is 669. The molecule has 0 unspecified atom stereocenters. The molecule has 0 aliphatic rings. The van der Waals surface area contributed by atoms with E-state index in [4.69, 9.17) is 0 Å². The molecule has 0 radical (unpaired) electrons. The number of benzene rings is 2. The lowest BCUT2D eigenvalue weighted by atomic mass is 10.1. The highest BCUT2D eigenvalue weighted by atomic mass is 127. The van der Waals surface area contributed by atoms with Crippen molar-refractivity contribution < 1.29 is 0 Å². The predicted molar refractivity (Wildman–Crippen MR) is 127 cm³/mol. The van der Waals surface area contributed by atoms with Gasteiger partial charge in [-0.15, -0.1) is 24.0 Å². The van der Waals surface area contributed by atoms with Crippen LogP contribution in [0.25, 0.3) is 0 Å². The van der Waals surface area contributed by atoms with E-state index in [9.17, 15) is 0 Å². The fourth-order valence-electron chi connectivity index (χ4n) is 2.94. The number of nitrogens with zero attached hydrogens (tertiary/aromatic N) is 2. The van der Waals surface area contributed by atoms with Crippen LogP contribution in [-0.4, -0.2) is 37.5 Å². The highest BCUT2D eigenvalue weighted by Crippen LogP contribution is 2.11. The number of halogens is 1. The molecule has 0 fully saturated rings. The van der Waals surface area contributed by atoms with Crippen LogP contribution in [-0.2, 0) is 19.5 Å². The molecule has 5 heteroatoms. The summed E-state index contributed by atoms with van der Waals surface area (Å²) in [6.07, 6.45) is 0.986. The SMILES string of the molecule is CCN(CC)Cc1ccccc1CNC(=NC)NCCc1ccccc1.I. The third-order valence-electron chi connectivity index (χ3n) is 4.63. The van der Waals surface area contributed by atoms with Gasteiger partial charge in [0, 0.05) is 26.7 Å². The molecular formula is C22H33IN4. The van der Waals surface area contributed by atoms with Crippen molar-refractivity contribution in [3.05, 3.63) is 71.3 Å². The Morgan fingerprint density at radius 2 is 1.52 bits per heavy atom. The molecule has 0 bridgehead atoms. The van der Waals surface area contributed by atoms with Crippen molar-refractivity contribution in [1.82, 2.24) is 15.5 Å². The van der Waals surface area contributed by atoms with Crippen LogP contribution in [0, 0.1) is 0 Å². The topological polar surface area (TPSA) is 39.7 Å². The number of guanidine groups is 1. The molecule has 148 valence electrons. The molecule has 0 amide bonds. The normalized spacial score (nSPS) is 11.2. The molecule has 0 aromatic heterocycles. The zero-order valence-electron chi connectivity index (χ0n) is 16.7. The summed E-state index contributed by atoms with van der Waals surface area (Å²) < 4.78 is 0. The van der Waals surface area contributed by atoms with E-state index in [-0.39, 0.29) is 24.0 Å². The molecule has 27 heavy (non-hydrogen) atoms. The van der Waals surface area contributed by atoms with Crippen LogP contribution >= 0.6 is 24.0 Å². The van der Waals surface area contributed by atoms with E-state index in [2.05, 4.69) is 82.9 Å². The first-order chi connectivity index (χ1) is 12.8. The first-order valence-corrected chi connectivity index (χ1v) is 9.54. The second-order valence-electron chi connectivity index (χ2n) is 6.32. The van der Waals surface area contributed by atoms with E-state index in [1.54, 1.807) is 0 Å². The lowest BCUT2D eigenvalue weighted by molar-refractivity contribution is 0.295. The second-order valence-corrected chi connectivity index (χ2v) is 6.32. The van der Waals surface area contributed by atoms with E-state index in [1.165, 1.54) is 16.7 Å². The van der Waals surface area contributed by atoms with Gasteiger partial charge in [0.25, 0.3) is 0 Å². The Morgan fingerprint density at radius 1 is 0.889 bits per heavy atom. The molecule has 2 aromatic rings. The Kier molecular flexibility index (Phi) is 11.8. The van der Waals surface area contributed by atoms with Crippen molar-refractivity contribution in [1.29, 1.82) is 0 Å². The van der Waals surface area contributed by atoms with Crippen molar-refractivity contribution in [2.45, 2.75) is 33.4 Å². The fraction of sp³-hybridized carbons (Fsp3) is 0.409. The van der Waals surface area contributed by atoms with Crippen molar-refractivity contribution in [2.75, 3.05) is 26.7 Å². The molecule has 0 spiro atoms. The van der Waals surface area contributed by atoms with Gasteiger partial charge in [0.2, 0.25) is 0 Å². The van der Waals surface area contributed by atoms with Crippen LogP contribution in [0.5, 0.6) is 0 Å². The summed E-state index contributed by atoms with van der Waals surface area (Å²) in [6.45, 7) is 9.20.